The predicted molar refractivity (Wildman–Crippen MR) is 57.5 cm³/mol. The second kappa shape index (κ2) is 3.68. The first-order valence-electron chi connectivity index (χ1n) is 5.33. The molecule has 0 spiro atoms. The summed E-state index contributed by atoms with van der Waals surface area (Å²) in [4.78, 5) is 8.37. The normalized spacial score (nSPS) is 19.4. The van der Waals surface area contributed by atoms with Gasteiger partial charge >= 0.3 is 0 Å². The van der Waals surface area contributed by atoms with Gasteiger partial charge in [0.1, 0.15) is 5.76 Å². The molecule has 5 heteroatoms. The van der Waals surface area contributed by atoms with Crippen LogP contribution in [0.3, 0.4) is 0 Å². The first-order chi connectivity index (χ1) is 7.84. The van der Waals surface area contributed by atoms with E-state index in [0.29, 0.717) is 11.9 Å². The lowest BCUT2D eigenvalue weighted by atomic mass is 10.0. The van der Waals surface area contributed by atoms with Crippen molar-refractivity contribution in [2.75, 3.05) is 0 Å². The number of nitrogens with zero attached hydrogens (tertiary/aromatic N) is 3. The van der Waals surface area contributed by atoms with E-state index >= 15 is 0 Å². The molecule has 1 aliphatic heterocycles. The molecule has 0 saturated carbocycles. The molecule has 0 fully saturated rings. The number of fused-ring (bicyclic) bond motifs is 1. The molecule has 2 aromatic heterocycles. The zero-order chi connectivity index (χ0) is 11.0. The van der Waals surface area contributed by atoms with Crippen molar-refractivity contribution in [3.63, 3.8) is 0 Å². The maximum Gasteiger partial charge on any atom is 0.182 e. The molecule has 1 atom stereocenters. The molecule has 16 heavy (non-hydrogen) atoms. The van der Waals surface area contributed by atoms with Gasteiger partial charge in [-0.15, -0.1) is 0 Å². The molecule has 0 amide bonds. The minimum Gasteiger partial charge on any atom is -0.360 e. The number of hydrogen-bond acceptors (Lipinski definition) is 5. The van der Waals surface area contributed by atoms with E-state index in [2.05, 4.69) is 27.4 Å². The molecule has 5 nitrogen and oxygen atoms in total. The van der Waals surface area contributed by atoms with Gasteiger partial charge in [-0.25, -0.2) is 9.97 Å². The highest BCUT2D eigenvalue weighted by atomic mass is 16.5. The predicted octanol–water partition coefficient (Wildman–Crippen LogP) is 1.17. The summed E-state index contributed by atoms with van der Waals surface area (Å²) in [7, 11) is 0. The summed E-state index contributed by atoms with van der Waals surface area (Å²) in [6, 6.07) is 2.22. The smallest absolute Gasteiger partial charge is 0.182 e. The van der Waals surface area contributed by atoms with Gasteiger partial charge in [0.2, 0.25) is 0 Å². The standard InChI is InChI=1S/C11H12N4O/c1-7-5-9-8(6-14-7)10(15-16-9)11-12-3-2-4-13-11/h2-4,7,14H,5-6H2,1H3. The minimum atomic E-state index is 0.435. The van der Waals surface area contributed by atoms with E-state index in [0.717, 1.165) is 30.0 Å². The van der Waals surface area contributed by atoms with Crippen molar-refractivity contribution in [1.29, 1.82) is 0 Å². The molecular weight excluding hydrogens is 204 g/mol. The van der Waals surface area contributed by atoms with Crippen LogP contribution in [0.5, 0.6) is 0 Å². The Morgan fingerprint density at radius 1 is 1.38 bits per heavy atom. The van der Waals surface area contributed by atoms with Crippen molar-refractivity contribution in [2.24, 2.45) is 0 Å². The van der Waals surface area contributed by atoms with Crippen LogP contribution in [-0.2, 0) is 13.0 Å². The fourth-order valence-corrected chi connectivity index (χ4v) is 1.91. The van der Waals surface area contributed by atoms with Crippen molar-refractivity contribution in [2.45, 2.75) is 25.9 Å². The molecule has 3 heterocycles. The van der Waals surface area contributed by atoms with E-state index in [1.165, 1.54) is 0 Å². The fourth-order valence-electron chi connectivity index (χ4n) is 1.91. The summed E-state index contributed by atoms with van der Waals surface area (Å²) in [6.45, 7) is 2.90. The van der Waals surface area contributed by atoms with Gasteiger partial charge in [-0.05, 0) is 13.0 Å². The average molecular weight is 216 g/mol. The van der Waals surface area contributed by atoms with Crippen molar-refractivity contribution >= 4 is 0 Å². The van der Waals surface area contributed by atoms with E-state index in [9.17, 15) is 0 Å². The third-order valence-electron chi connectivity index (χ3n) is 2.77. The summed E-state index contributed by atoms with van der Waals surface area (Å²) >= 11 is 0. The Morgan fingerprint density at radius 3 is 3.00 bits per heavy atom. The first kappa shape index (κ1) is 9.47. The summed E-state index contributed by atoms with van der Waals surface area (Å²) in [5.74, 6) is 1.58. The zero-order valence-corrected chi connectivity index (χ0v) is 8.97. The van der Waals surface area contributed by atoms with Gasteiger partial charge in [-0.3, -0.25) is 0 Å². The summed E-state index contributed by atoms with van der Waals surface area (Å²) in [6.07, 6.45) is 4.29. The topological polar surface area (TPSA) is 63.8 Å². The van der Waals surface area contributed by atoms with Crippen molar-refractivity contribution in [1.82, 2.24) is 20.4 Å². The van der Waals surface area contributed by atoms with Gasteiger partial charge in [0.25, 0.3) is 0 Å². The Balaban J connectivity index is 2.04. The Hall–Kier alpha value is -1.75. The van der Waals surface area contributed by atoms with E-state index in [1.807, 2.05) is 0 Å². The van der Waals surface area contributed by atoms with Crippen molar-refractivity contribution in [3.8, 4) is 11.5 Å². The van der Waals surface area contributed by atoms with Crippen LogP contribution in [0.1, 0.15) is 18.2 Å². The lowest BCUT2D eigenvalue weighted by Gasteiger charge is -2.18. The fraction of sp³-hybridized carbons (Fsp3) is 0.364. The van der Waals surface area contributed by atoms with Crippen LogP contribution >= 0.6 is 0 Å². The molecule has 0 saturated heterocycles. The molecule has 0 bridgehead atoms. The van der Waals surface area contributed by atoms with Crippen molar-refractivity contribution < 1.29 is 4.52 Å². The molecule has 1 aliphatic rings. The van der Waals surface area contributed by atoms with Gasteiger partial charge < -0.3 is 9.84 Å². The monoisotopic (exact) mass is 216 g/mol. The molecule has 0 aliphatic carbocycles. The molecule has 0 aromatic carbocycles. The van der Waals surface area contributed by atoms with Crippen LogP contribution in [-0.4, -0.2) is 21.2 Å². The highest BCUT2D eigenvalue weighted by molar-refractivity contribution is 5.55. The molecular formula is C11H12N4O. The van der Waals surface area contributed by atoms with Crippen LogP contribution in [0, 0.1) is 0 Å². The quantitative estimate of drug-likeness (QED) is 0.775. The van der Waals surface area contributed by atoms with Gasteiger partial charge in [-0.1, -0.05) is 5.16 Å². The lowest BCUT2D eigenvalue weighted by Crippen LogP contribution is -2.32. The number of rotatable bonds is 1. The van der Waals surface area contributed by atoms with Gasteiger partial charge in [-0.2, -0.15) is 0 Å². The Kier molecular flexibility index (Phi) is 2.18. The summed E-state index contributed by atoms with van der Waals surface area (Å²) in [5.41, 5.74) is 1.85. The van der Waals surface area contributed by atoms with Crippen LogP contribution in [0.2, 0.25) is 0 Å². The molecule has 0 radical (unpaired) electrons. The van der Waals surface area contributed by atoms with E-state index < -0.39 is 0 Å². The van der Waals surface area contributed by atoms with Crippen LogP contribution in [0.4, 0.5) is 0 Å². The highest BCUT2D eigenvalue weighted by Crippen LogP contribution is 2.25. The minimum absolute atomic E-state index is 0.435. The maximum atomic E-state index is 5.34. The van der Waals surface area contributed by atoms with E-state index in [1.54, 1.807) is 18.5 Å². The Bertz CT molecular complexity index is 494. The Labute approximate surface area is 92.9 Å². The van der Waals surface area contributed by atoms with Crippen molar-refractivity contribution in [3.05, 3.63) is 29.8 Å². The molecule has 2 aromatic rings. The third-order valence-corrected chi connectivity index (χ3v) is 2.77. The van der Waals surface area contributed by atoms with Crippen LogP contribution < -0.4 is 5.32 Å². The van der Waals surface area contributed by atoms with Gasteiger partial charge in [0.05, 0.1) is 0 Å². The van der Waals surface area contributed by atoms with E-state index in [4.69, 9.17) is 4.52 Å². The number of hydrogen-bond donors (Lipinski definition) is 1. The SMILES string of the molecule is CC1Cc2onc(-c3ncccn3)c2CN1. The van der Waals surface area contributed by atoms with Gasteiger partial charge in [0.15, 0.2) is 11.5 Å². The second-order valence-corrected chi connectivity index (χ2v) is 3.99. The summed E-state index contributed by atoms with van der Waals surface area (Å²) < 4.78 is 5.34. The number of aromatic nitrogens is 3. The first-order valence-corrected chi connectivity index (χ1v) is 5.33. The Morgan fingerprint density at radius 2 is 2.19 bits per heavy atom. The van der Waals surface area contributed by atoms with Crippen LogP contribution in [0.25, 0.3) is 11.5 Å². The van der Waals surface area contributed by atoms with E-state index in [-0.39, 0.29) is 0 Å². The maximum absolute atomic E-state index is 5.34. The molecule has 3 rings (SSSR count). The molecule has 1 unspecified atom stereocenters. The van der Waals surface area contributed by atoms with Crippen LogP contribution in [0.15, 0.2) is 23.0 Å². The zero-order valence-electron chi connectivity index (χ0n) is 8.97. The average Bonchev–Trinajstić information content (AvgIpc) is 2.73. The molecule has 1 N–H and O–H groups in total. The highest BCUT2D eigenvalue weighted by Gasteiger charge is 2.24. The largest absolute Gasteiger partial charge is 0.360 e. The third kappa shape index (κ3) is 1.49. The second-order valence-electron chi connectivity index (χ2n) is 3.99. The lowest BCUT2D eigenvalue weighted by molar-refractivity contribution is 0.354. The molecule has 82 valence electrons. The summed E-state index contributed by atoms with van der Waals surface area (Å²) in [5, 5.41) is 7.44. The number of nitrogens with one attached hydrogen (secondary N) is 1. The van der Waals surface area contributed by atoms with Gasteiger partial charge in [0, 0.05) is 37.0 Å².